The number of benzene rings is 1. The van der Waals surface area contributed by atoms with Gasteiger partial charge in [0.1, 0.15) is 0 Å². The van der Waals surface area contributed by atoms with Gasteiger partial charge in [-0.1, -0.05) is 13.8 Å². The Bertz CT molecular complexity index is 553. The molecule has 4 fully saturated rings. The van der Waals surface area contributed by atoms with E-state index in [9.17, 15) is 0 Å². The molecule has 4 aliphatic carbocycles. The van der Waals surface area contributed by atoms with Crippen LogP contribution in [-0.2, 0) is 0 Å². The number of hydrogen-bond acceptors (Lipinski definition) is 2. The van der Waals surface area contributed by atoms with Gasteiger partial charge in [0.05, 0.1) is 0 Å². The summed E-state index contributed by atoms with van der Waals surface area (Å²) < 4.78 is 0. The predicted octanol–water partition coefficient (Wildman–Crippen LogP) is 4.74. The van der Waals surface area contributed by atoms with Crippen LogP contribution < -0.4 is 11.1 Å². The van der Waals surface area contributed by atoms with Crippen molar-refractivity contribution in [2.75, 3.05) is 11.1 Å². The standard InChI is InChI=1S/C19H28N2/c1-13-4-15(20)6-16(5-13)21-19-9-14-7-17(2,11-19)10-18(3,8-14)12-19/h4-6,14,21H,7-12,20H2,1-3H3. The van der Waals surface area contributed by atoms with Gasteiger partial charge in [0.15, 0.2) is 0 Å². The summed E-state index contributed by atoms with van der Waals surface area (Å²) in [6.45, 7) is 7.18. The fourth-order valence-electron chi connectivity index (χ4n) is 6.78. The van der Waals surface area contributed by atoms with Crippen molar-refractivity contribution in [3.05, 3.63) is 23.8 Å². The van der Waals surface area contributed by atoms with Gasteiger partial charge in [0.2, 0.25) is 0 Å². The molecule has 0 spiro atoms. The van der Waals surface area contributed by atoms with Crippen LogP contribution in [0.15, 0.2) is 18.2 Å². The number of anilines is 2. The molecular formula is C19H28N2. The fourth-order valence-corrected chi connectivity index (χ4v) is 6.78. The van der Waals surface area contributed by atoms with Crippen LogP contribution in [0.4, 0.5) is 11.4 Å². The molecule has 0 aromatic heterocycles. The number of rotatable bonds is 2. The van der Waals surface area contributed by atoms with Crippen molar-refractivity contribution in [2.45, 2.75) is 64.8 Å². The highest BCUT2D eigenvalue weighted by atomic mass is 15.0. The van der Waals surface area contributed by atoms with Crippen molar-refractivity contribution in [3.63, 3.8) is 0 Å². The minimum absolute atomic E-state index is 0.309. The van der Waals surface area contributed by atoms with Crippen molar-refractivity contribution in [2.24, 2.45) is 16.7 Å². The minimum atomic E-state index is 0.309. The van der Waals surface area contributed by atoms with Gasteiger partial charge < -0.3 is 11.1 Å². The van der Waals surface area contributed by atoms with Crippen LogP contribution >= 0.6 is 0 Å². The Balaban J connectivity index is 1.68. The number of hydrogen-bond donors (Lipinski definition) is 2. The van der Waals surface area contributed by atoms with Crippen LogP contribution in [0, 0.1) is 23.7 Å². The zero-order valence-electron chi connectivity index (χ0n) is 13.6. The number of nitrogens with two attached hydrogens (primary N) is 1. The molecule has 21 heavy (non-hydrogen) atoms. The normalized spacial score (nSPS) is 44.0. The predicted molar refractivity (Wildman–Crippen MR) is 89.4 cm³/mol. The zero-order chi connectivity index (χ0) is 14.9. The van der Waals surface area contributed by atoms with Gasteiger partial charge >= 0.3 is 0 Å². The van der Waals surface area contributed by atoms with Gasteiger partial charge in [-0.05, 0) is 86.0 Å². The lowest BCUT2D eigenvalue weighted by Gasteiger charge is -2.65. The molecule has 0 amide bonds. The van der Waals surface area contributed by atoms with Crippen molar-refractivity contribution in [3.8, 4) is 0 Å². The highest BCUT2D eigenvalue weighted by Gasteiger charge is 2.60. The lowest BCUT2D eigenvalue weighted by Crippen LogP contribution is -2.61. The molecule has 114 valence electrons. The van der Waals surface area contributed by atoms with E-state index in [1.54, 1.807) is 0 Å². The molecule has 0 saturated heterocycles. The second-order valence-electron chi connectivity index (χ2n) is 9.17. The largest absolute Gasteiger partial charge is 0.399 e. The monoisotopic (exact) mass is 284 g/mol. The SMILES string of the molecule is Cc1cc(N)cc(NC23CC4CC(C)(CC(C)(C4)C2)C3)c1. The molecule has 2 heteroatoms. The smallest absolute Gasteiger partial charge is 0.0386 e. The third-order valence-electron chi connectivity index (χ3n) is 6.14. The van der Waals surface area contributed by atoms with Gasteiger partial charge in [-0.15, -0.1) is 0 Å². The maximum Gasteiger partial charge on any atom is 0.0386 e. The molecule has 5 rings (SSSR count). The summed E-state index contributed by atoms with van der Waals surface area (Å²) in [4.78, 5) is 0. The molecule has 1 aromatic rings. The summed E-state index contributed by atoms with van der Waals surface area (Å²) in [6.07, 6.45) is 8.34. The first-order valence-corrected chi connectivity index (χ1v) is 8.43. The van der Waals surface area contributed by atoms with E-state index in [4.69, 9.17) is 5.73 Å². The average Bonchev–Trinajstić information content (AvgIpc) is 2.19. The van der Waals surface area contributed by atoms with Gasteiger partial charge in [0.25, 0.3) is 0 Å². The molecule has 0 heterocycles. The highest BCUT2D eigenvalue weighted by Crippen LogP contribution is 2.66. The summed E-state index contributed by atoms with van der Waals surface area (Å²) in [5.41, 5.74) is 10.8. The first-order valence-electron chi connectivity index (χ1n) is 8.43. The van der Waals surface area contributed by atoms with Crippen LogP contribution in [0.1, 0.15) is 57.9 Å². The minimum Gasteiger partial charge on any atom is -0.399 e. The van der Waals surface area contributed by atoms with Crippen LogP contribution in [0.25, 0.3) is 0 Å². The van der Waals surface area contributed by atoms with Gasteiger partial charge in [-0.25, -0.2) is 0 Å². The molecular weight excluding hydrogens is 256 g/mol. The molecule has 3 N–H and O–H groups in total. The zero-order valence-corrected chi connectivity index (χ0v) is 13.6. The summed E-state index contributed by atoms with van der Waals surface area (Å²) >= 11 is 0. The third kappa shape index (κ3) is 2.23. The van der Waals surface area contributed by atoms with E-state index in [0.29, 0.717) is 16.4 Å². The van der Waals surface area contributed by atoms with Crippen molar-refractivity contribution < 1.29 is 0 Å². The Morgan fingerprint density at radius 1 is 1.00 bits per heavy atom. The van der Waals surface area contributed by atoms with E-state index in [0.717, 1.165) is 11.6 Å². The highest BCUT2D eigenvalue weighted by molar-refractivity contribution is 5.58. The summed E-state index contributed by atoms with van der Waals surface area (Å²) in [5.74, 6) is 0.922. The first-order chi connectivity index (χ1) is 9.77. The van der Waals surface area contributed by atoms with Gasteiger partial charge in [-0.3, -0.25) is 0 Å². The number of aryl methyl sites for hydroxylation is 1. The van der Waals surface area contributed by atoms with E-state index in [1.807, 2.05) is 6.07 Å². The van der Waals surface area contributed by atoms with E-state index in [2.05, 4.69) is 38.2 Å². The van der Waals surface area contributed by atoms with Gasteiger partial charge in [-0.2, -0.15) is 0 Å². The molecule has 4 bridgehead atoms. The molecule has 4 saturated carbocycles. The Hall–Kier alpha value is -1.18. The molecule has 0 radical (unpaired) electrons. The second-order valence-corrected chi connectivity index (χ2v) is 9.17. The fraction of sp³-hybridized carbons (Fsp3) is 0.684. The van der Waals surface area contributed by atoms with Gasteiger partial charge in [0, 0.05) is 16.9 Å². The molecule has 2 atom stereocenters. The Morgan fingerprint density at radius 3 is 2.24 bits per heavy atom. The topological polar surface area (TPSA) is 38.0 Å². The average molecular weight is 284 g/mol. The van der Waals surface area contributed by atoms with Crippen LogP contribution in [0.3, 0.4) is 0 Å². The third-order valence-corrected chi connectivity index (χ3v) is 6.14. The van der Waals surface area contributed by atoms with E-state index in [-0.39, 0.29) is 0 Å². The number of nitrogen functional groups attached to an aromatic ring is 1. The molecule has 0 aliphatic heterocycles. The second kappa shape index (κ2) is 3.97. The summed E-state index contributed by atoms with van der Waals surface area (Å²) in [5, 5.41) is 3.94. The van der Waals surface area contributed by atoms with Crippen molar-refractivity contribution >= 4 is 11.4 Å². The summed E-state index contributed by atoms with van der Waals surface area (Å²) in [7, 11) is 0. The van der Waals surface area contributed by atoms with Crippen molar-refractivity contribution in [1.82, 2.24) is 0 Å². The van der Waals surface area contributed by atoms with Crippen LogP contribution in [0.5, 0.6) is 0 Å². The van der Waals surface area contributed by atoms with E-state index >= 15 is 0 Å². The maximum absolute atomic E-state index is 6.04. The maximum atomic E-state index is 6.04. The number of nitrogens with one attached hydrogen (secondary N) is 1. The molecule has 2 nitrogen and oxygen atoms in total. The molecule has 4 aliphatic rings. The summed E-state index contributed by atoms with van der Waals surface area (Å²) in [6, 6.07) is 6.41. The van der Waals surface area contributed by atoms with Crippen LogP contribution in [-0.4, -0.2) is 5.54 Å². The Morgan fingerprint density at radius 2 is 1.67 bits per heavy atom. The lowest BCUT2D eigenvalue weighted by atomic mass is 9.43. The molecule has 2 unspecified atom stereocenters. The Labute approximate surface area is 128 Å². The van der Waals surface area contributed by atoms with E-state index in [1.165, 1.54) is 49.8 Å². The lowest BCUT2D eigenvalue weighted by molar-refractivity contribution is -0.0972. The van der Waals surface area contributed by atoms with Crippen molar-refractivity contribution in [1.29, 1.82) is 0 Å². The van der Waals surface area contributed by atoms with Crippen LogP contribution in [0.2, 0.25) is 0 Å². The Kier molecular flexibility index (Phi) is 2.55. The van der Waals surface area contributed by atoms with E-state index < -0.39 is 0 Å². The first kappa shape index (κ1) is 13.5. The molecule has 1 aromatic carbocycles. The quantitative estimate of drug-likeness (QED) is 0.770.